The molecule has 1 fully saturated rings. The molecule has 2 heterocycles. The Bertz CT molecular complexity index is 749. The molecular weight excluding hydrogens is 381 g/mol. The van der Waals surface area contributed by atoms with E-state index < -0.39 is 11.7 Å². The number of rotatable bonds is 8. The first-order valence-electron chi connectivity index (χ1n) is 10.1. The third kappa shape index (κ3) is 6.88. The van der Waals surface area contributed by atoms with E-state index in [1.807, 2.05) is 10.8 Å². The quantitative estimate of drug-likeness (QED) is 0.365. The van der Waals surface area contributed by atoms with Crippen LogP contribution in [0, 0.1) is 0 Å². The number of halogens is 3. The standard InChI is InChI=1S/C21H27F3N4O/c22-21(23,24)19-7-5-18(6-8-19)20(9-13-28-14-10-25-17-28)26-29-16-15-27-11-3-1-2-4-12-27/h5-8,10,14,17H,1-4,9,11-13,15-16H2. The minimum atomic E-state index is -4.35. The highest BCUT2D eigenvalue weighted by molar-refractivity contribution is 6.00. The van der Waals surface area contributed by atoms with Crippen LogP contribution in [0.4, 0.5) is 13.2 Å². The van der Waals surface area contributed by atoms with E-state index >= 15 is 0 Å². The normalized spacial score (nSPS) is 16.6. The Kier molecular flexibility index (Phi) is 7.69. The van der Waals surface area contributed by atoms with Gasteiger partial charge < -0.3 is 9.40 Å². The molecule has 3 rings (SSSR count). The Hall–Kier alpha value is -2.35. The van der Waals surface area contributed by atoms with Gasteiger partial charge in [-0.25, -0.2) is 4.98 Å². The van der Waals surface area contributed by atoms with Crippen LogP contribution in [0.25, 0.3) is 0 Å². The number of aromatic nitrogens is 2. The largest absolute Gasteiger partial charge is 0.416 e. The highest BCUT2D eigenvalue weighted by Crippen LogP contribution is 2.29. The van der Waals surface area contributed by atoms with Crippen LogP contribution in [0.15, 0.2) is 48.1 Å². The Labute approximate surface area is 169 Å². The number of hydrogen-bond donors (Lipinski definition) is 0. The van der Waals surface area contributed by atoms with E-state index in [1.54, 1.807) is 12.5 Å². The van der Waals surface area contributed by atoms with Crippen LogP contribution in [-0.2, 0) is 17.6 Å². The summed E-state index contributed by atoms with van der Waals surface area (Å²) in [5, 5.41) is 4.27. The smallest absolute Gasteiger partial charge is 0.394 e. The van der Waals surface area contributed by atoms with Crippen molar-refractivity contribution in [2.24, 2.45) is 5.16 Å². The first-order chi connectivity index (χ1) is 14.0. The maximum atomic E-state index is 12.8. The van der Waals surface area contributed by atoms with E-state index in [0.717, 1.165) is 31.8 Å². The van der Waals surface area contributed by atoms with Crippen molar-refractivity contribution in [2.45, 2.75) is 44.8 Å². The van der Waals surface area contributed by atoms with Crippen LogP contribution in [-0.4, -0.2) is 46.4 Å². The van der Waals surface area contributed by atoms with Crippen molar-refractivity contribution in [3.63, 3.8) is 0 Å². The number of hydrogen-bond acceptors (Lipinski definition) is 4. The predicted octanol–water partition coefficient (Wildman–Crippen LogP) is 4.59. The van der Waals surface area contributed by atoms with Crippen molar-refractivity contribution in [1.82, 2.24) is 14.5 Å². The van der Waals surface area contributed by atoms with E-state index in [9.17, 15) is 13.2 Å². The van der Waals surface area contributed by atoms with E-state index in [-0.39, 0.29) is 0 Å². The summed E-state index contributed by atoms with van der Waals surface area (Å²) >= 11 is 0. The molecule has 0 radical (unpaired) electrons. The van der Waals surface area contributed by atoms with Crippen molar-refractivity contribution < 1.29 is 18.0 Å². The SMILES string of the molecule is FC(F)(F)c1ccc(C(CCn2ccnc2)=NOCCN2CCCCCC2)cc1. The maximum Gasteiger partial charge on any atom is 0.416 e. The summed E-state index contributed by atoms with van der Waals surface area (Å²) in [5.41, 5.74) is 0.591. The van der Waals surface area contributed by atoms with Gasteiger partial charge in [0.05, 0.1) is 17.6 Å². The zero-order chi connectivity index (χ0) is 20.5. The van der Waals surface area contributed by atoms with Crippen molar-refractivity contribution in [2.75, 3.05) is 26.2 Å². The van der Waals surface area contributed by atoms with E-state index in [4.69, 9.17) is 4.84 Å². The van der Waals surface area contributed by atoms with Crippen LogP contribution in [0.2, 0.25) is 0 Å². The Morgan fingerprint density at radius 3 is 2.38 bits per heavy atom. The second-order valence-electron chi connectivity index (χ2n) is 7.25. The number of likely N-dealkylation sites (tertiary alicyclic amines) is 1. The van der Waals surface area contributed by atoms with Gasteiger partial charge in [-0.05, 0) is 43.6 Å². The van der Waals surface area contributed by atoms with Gasteiger partial charge in [0.1, 0.15) is 6.61 Å². The second kappa shape index (κ2) is 10.4. The first kappa shape index (κ1) is 21.4. The molecule has 5 nitrogen and oxygen atoms in total. The summed E-state index contributed by atoms with van der Waals surface area (Å²) < 4.78 is 40.4. The topological polar surface area (TPSA) is 42.6 Å². The van der Waals surface area contributed by atoms with Crippen LogP contribution in [0.5, 0.6) is 0 Å². The molecule has 0 aliphatic carbocycles. The van der Waals surface area contributed by atoms with E-state index in [0.29, 0.717) is 30.8 Å². The van der Waals surface area contributed by atoms with Gasteiger partial charge in [0.25, 0.3) is 0 Å². The van der Waals surface area contributed by atoms with Gasteiger partial charge in [-0.2, -0.15) is 13.2 Å². The van der Waals surface area contributed by atoms with Crippen molar-refractivity contribution >= 4 is 5.71 Å². The number of benzene rings is 1. The van der Waals surface area contributed by atoms with Crippen molar-refractivity contribution in [3.8, 4) is 0 Å². The van der Waals surface area contributed by atoms with Gasteiger partial charge in [0, 0.05) is 31.9 Å². The summed E-state index contributed by atoms with van der Waals surface area (Å²) in [4.78, 5) is 11.9. The van der Waals surface area contributed by atoms with Gasteiger partial charge in [0.2, 0.25) is 0 Å². The fourth-order valence-corrected chi connectivity index (χ4v) is 3.40. The average molecular weight is 408 g/mol. The maximum absolute atomic E-state index is 12.8. The molecule has 1 aliphatic heterocycles. The molecule has 0 amide bonds. The average Bonchev–Trinajstić information content (AvgIpc) is 3.09. The number of alkyl halides is 3. The van der Waals surface area contributed by atoms with Crippen LogP contribution >= 0.6 is 0 Å². The number of aryl methyl sites for hydroxylation is 1. The Morgan fingerprint density at radius 2 is 1.76 bits per heavy atom. The Balaban J connectivity index is 1.62. The van der Waals surface area contributed by atoms with Crippen molar-refractivity contribution in [3.05, 3.63) is 54.1 Å². The molecule has 0 unspecified atom stereocenters. The van der Waals surface area contributed by atoms with Gasteiger partial charge >= 0.3 is 6.18 Å². The van der Waals surface area contributed by atoms with Gasteiger partial charge in [-0.3, -0.25) is 4.90 Å². The molecule has 0 bridgehead atoms. The van der Waals surface area contributed by atoms with E-state index in [2.05, 4.69) is 15.0 Å². The lowest BCUT2D eigenvalue weighted by Gasteiger charge is -2.18. The molecule has 1 aromatic carbocycles. The fourth-order valence-electron chi connectivity index (χ4n) is 3.40. The fraction of sp³-hybridized carbons (Fsp3) is 0.524. The van der Waals surface area contributed by atoms with Crippen molar-refractivity contribution in [1.29, 1.82) is 0 Å². The summed E-state index contributed by atoms with van der Waals surface area (Å²) in [7, 11) is 0. The molecule has 158 valence electrons. The third-order valence-electron chi connectivity index (χ3n) is 5.08. The molecular formula is C21H27F3N4O. The summed E-state index contributed by atoms with van der Waals surface area (Å²) in [5.74, 6) is 0. The van der Waals surface area contributed by atoms with Crippen LogP contribution < -0.4 is 0 Å². The molecule has 0 N–H and O–H groups in total. The lowest BCUT2D eigenvalue weighted by Crippen LogP contribution is -2.28. The molecule has 1 saturated heterocycles. The van der Waals surface area contributed by atoms with Gasteiger partial charge in [-0.15, -0.1) is 0 Å². The lowest BCUT2D eigenvalue weighted by molar-refractivity contribution is -0.137. The lowest BCUT2D eigenvalue weighted by atomic mass is 10.1. The first-order valence-corrected chi connectivity index (χ1v) is 10.1. The molecule has 2 aromatic rings. The van der Waals surface area contributed by atoms with E-state index in [1.165, 1.54) is 37.8 Å². The van der Waals surface area contributed by atoms with Crippen LogP contribution in [0.3, 0.4) is 0 Å². The third-order valence-corrected chi connectivity index (χ3v) is 5.08. The summed E-state index contributed by atoms with van der Waals surface area (Å²) in [6.45, 7) is 4.06. The van der Waals surface area contributed by atoms with Gasteiger partial charge in [0.15, 0.2) is 0 Å². The molecule has 0 saturated carbocycles. The summed E-state index contributed by atoms with van der Waals surface area (Å²) in [6, 6.07) is 5.07. The molecule has 0 spiro atoms. The minimum Gasteiger partial charge on any atom is -0.394 e. The van der Waals surface area contributed by atoms with Gasteiger partial charge in [-0.1, -0.05) is 30.1 Å². The molecule has 8 heteroatoms. The highest BCUT2D eigenvalue weighted by Gasteiger charge is 2.30. The second-order valence-corrected chi connectivity index (χ2v) is 7.25. The molecule has 0 atom stereocenters. The molecule has 1 aromatic heterocycles. The number of nitrogens with zero attached hydrogens (tertiary/aromatic N) is 4. The minimum absolute atomic E-state index is 0.467. The number of oxime groups is 1. The predicted molar refractivity (Wildman–Crippen MR) is 106 cm³/mol. The monoisotopic (exact) mass is 408 g/mol. The Morgan fingerprint density at radius 1 is 1.03 bits per heavy atom. The summed E-state index contributed by atoms with van der Waals surface area (Å²) in [6.07, 6.45) is 6.39. The molecule has 1 aliphatic rings. The zero-order valence-corrected chi connectivity index (χ0v) is 16.4. The highest BCUT2D eigenvalue weighted by atomic mass is 19.4. The number of imidazole rings is 1. The zero-order valence-electron chi connectivity index (χ0n) is 16.4. The van der Waals surface area contributed by atoms with Crippen LogP contribution in [0.1, 0.15) is 43.2 Å². The molecule has 29 heavy (non-hydrogen) atoms.